The average molecular weight is 233 g/mol. The van der Waals surface area contributed by atoms with Gasteiger partial charge in [-0.1, -0.05) is 37.6 Å². The molecule has 0 saturated heterocycles. The fraction of sp³-hybridized carbons (Fsp3) is 0.600. The third-order valence-electron chi connectivity index (χ3n) is 3.53. The zero-order chi connectivity index (χ0) is 12.3. The van der Waals surface area contributed by atoms with E-state index in [1.807, 2.05) is 0 Å². The van der Waals surface area contributed by atoms with Gasteiger partial charge >= 0.3 is 0 Å². The monoisotopic (exact) mass is 233 g/mol. The minimum atomic E-state index is -0.351. The van der Waals surface area contributed by atoms with Gasteiger partial charge in [-0.2, -0.15) is 0 Å². The summed E-state index contributed by atoms with van der Waals surface area (Å²) < 4.78 is 0. The van der Waals surface area contributed by atoms with E-state index in [2.05, 4.69) is 43.1 Å². The van der Waals surface area contributed by atoms with Crippen LogP contribution in [0.3, 0.4) is 0 Å². The summed E-state index contributed by atoms with van der Waals surface area (Å²) in [5, 5.41) is 10.1. The van der Waals surface area contributed by atoms with Gasteiger partial charge in [-0.05, 0) is 37.4 Å². The van der Waals surface area contributed by atoms with Crippen LogP contribution in [0.25, 0.3) is 0 Å². The van der Waals surface area contributed by atoms with E-state index >= 15 is 0 Å². The molecular formula is C15H23NO. The molecule has 1 aliphatic rings. The maximum absolute atomic E-state index is 10.1. The zero-order valence-corrected chi connectivity index (χ0v) is 10.9. The summed E-state index contributed by atoms with van der Waals surface area (Å²) in [5.74, 6) is 0. The quantitative estimate of drug-likeness (QED) is 0.816. The Hall–Kier alpha value is -0.860. The summed E-state index contributed by atoms with van der Waals surface area (Å²) in [4.78, 5) is 2.27. The van der Waals surface area contributed by atoms with Crippen molar-refractivity contribution in [1.29, 1.82) is 0 Å². The van der Waals surface area contributed by atoms with Crippen LogP contribution in [0.5, 0.6) is 0 Å². The Bertz CT molecular complexity index is 342. The van der Waals surface area contributed by atoms with E-state index in [0.29, 0.717) is 6.04 Å². The lowest BCUT2D eigenvalue weighted by Gasteiger charge is -2.20. The molecule has 0 radical (unpaired) electrons. The summed E-state index contributed by atoms with van der Waals surface area (Å²) in [6, 6.07) is 9.12. The van der Waals surface area contributed by atoms with Gasteiger partial charge in [0, 0.05) is 12.6 Å². The van der Waals surface area contributed by atoms with Crippen molar-refractivity contribution in [1.82, 2.24) is 4.90 Å². The highest BCUT2D eigenvalue weighted by Crippen LogP contribution is 2.27. The highest BCUT2D eigenvalue weighted by atomic mass is 16.3. The number of aliphatic hydroxyl groups is 1. The van der Waals surface area contributed by atoms with Gasteiger partial charge in [0.25, 0.3) is 0 Å². The predicted molar refractivity (Wildman–Crippen MR) is 71.0 cm³/mol. The van der Waals surface area contributed by atoms with Crippen LogP contribution in [0.1, 0.15) is 43.4 Å². The van der Waals surface area contributed by atoms with Crippen molar-refractivity contribution >= 4 is 0 Å². The van der Waals surface area contributed by atoms with Crippen molar-refractivity contribution in [2.45, 2.75) is 44.8 Å². The van der Waals surface area contributed by atoms with Crippen LogP contribution in [0, 0.1) is 0 Å². The fourth-order valence-corrected chi connectivity index (χ4v) is 2.24. The number of likely N-dealkylation sites (N-methyl/N-ethyl adjacent to an activating group) is 1. The predicted octanol–water partition coefficient (Wildman–Crippen LogP) is 2.77. The van der Waals surface area contributed by atoms with Gasteiger partial charge in [0.1, 0.15) is 0 Å². The molecule has 0 heterocycles. The first-order valence-corrected chi connectivity index (χ1v) is 6.68. The molecule has 2 heteroatoms. The van der Waals surface area contributed by atoms with E-state index < -0.39 is 0 Å². The van der Waals surface area contributed by atoms with Crippen molar-refractivity contribution in [3.8, 4) is 0 Å². The first kappa shape index (κ1) is 12.6. The van der Waals surface area contributed by atoms with Crippen LogP contribution in [0.15, 0.2) is 24.3 Å². The van der Waals surface area contributed by atoms with Gasteiger partial charge < -0.3 is 10.0 Å². The lowest BCUT2D eigenvalue weighted by molar-refractivity contribution is 0.123. The summed E-state index contributed by atoms with van der Waals surface area (Å²) >= 11 is 0. The second-order valence-electron chi connectivity index (χ2n) is 5.18. The molecule has 1 atom stereocenters. The van der Waals surface area contributed by atoms with Crippen LogP contribution in [-0.2, 0) is 6.42 Å². The van der Waals surface area contributed by atoms with Crippen molar-refractivity contribution in [2.24, 2.45) is 0 Å². The van der Waals surface area contributed by atoms with E-state index in [1.54, 1.807) is 0 Å². The van der Waals surface area contributed by atoms with Crippen molar-refractivity contribution < 1.29 is 5.11 Å². The first-order valence-electron chi connectivity index (χ1n) is 6.68. The minimum Gasteiger partial charge on any atom is -0.387 e. The minimum absolute atomic E-state index is 0.351. The van der Waals surface area contributed by atoms with Crippen LogP contribution in [0.4, 0.5) is 0 Å². The third-order valence-corrected chi connectivity index (χ3v) is 3.53. The van der Waals surface area contributed by atoms with Crippen LogP contribution in [0.2, 0.25) is 0 Å². The molecule has 94 valence electrons. The van der Waals surface area contributed by atoms with Gasteiger partial charge in [-0.25, -0.2) is 0 Å². The number of aryl methyl sites for hydroxylation is 1. The summed E-state index contributed by atoms with van der Waals surface area (Å²) in [6.07, 6.45) is 4.53. The van der Waals surface area contributed by atoms with Gasteiger partial charge in [0.2, 0.25) is 0 Å². The van der Waals surface area contributed by atoms with Crippen LogP contribution >= 0.6 is 0 Å². The van der Waals surface area contributed by atoms with Gasteiger partial charge in [-0.3, -0.25) is 0 Å². The molecule has 0 amide bonds. The molecule has 0 aliphatic heterocycles. The highest BCUT2D eigenvalue weighted by molar-refractivity contribution is 5.24. The molecule has 0 aromatic heterocycles. The third kappa shape index (κ3) is 3.55. The average Bonchev–Trinajstić information content (AvgIpc) is 3.14. The zero-order valence-electron chi connectivity index (χ0n) is 10.9. The lowest BCUT2D eigenvalue weighted by Crippen LogP contribution is -2.26. The Balaban J connectivity index is 1.91. The van der Waals surface area contributed by atoms with Crippen LogP contribution in [-0.4, -0.2) is 29.6 Å². The molecule has 1 fully saturated rings. The summed E-state index contributed by atoms with van der Waals surface area (Å²) in [5.41, 5.74) is 2.40. The number of benzene rings is 1. The number of hydrogen-bond acceptors (Lipinski definition) is 2. The Kier molecular flexibility index (Phi) is 4.19. The second-order valence-corrected chi connectivity index (χ2v) is 5.18. The number of aliphatic hydroxyl groups excluding tert-OH is 1. The molecule has 1 unspecified atom stereocenters. The van der Waals surface area contributed by atoms with E-state index in [-0.39, 0.29) is 6.10 Å². The first-order chi connectivity index (χ1) is 8.20. The number of hydrogen-bond donors (Lipinski definition) is 1. The van der Waals surface area contributed by atoms with E-state index in [0.717, 1.165) is 18.5 Å². The number of nitrogens with zero attached hydrogens (tertiary/aromatic N) is 1. The molecule has 1 aliphatic carbocycles. The Morgan fingerprint density at radius 3 is 2.47 bits per heavy atom. The Labute approximate surface area is 104 Å². The molecule has 1 saturated carbocycles. The smallest absolute Gasteiger partial charge is 0.0916 e. The molecule has 2 rings (SSSR count). The molecule has 0 spiro atoms. The summed E-state index contributed by atoms with van der Waals surface area (Å²) in [7, 11) is 2.10. The van der Waals surface area contributed by atoms with Crippen molar-refractivity contribution in [2.75, 3.05) is 13.6 Å². The molecule has 1 N–H and O–H groups in total. The lowest BCUT2D eigenvalue weighted by atomic mass is 10.0. The standard InChI is InChI=1S/C15H23NO/c1-3-4-12-5-7-13(8-6-12)15(17)11-16(2)14-9-10-14/h5-8,14-15,17H,3-4,9-11H2,1-2H3. The van der Waals surface area contributed by atoms with Gasteiger partial charge in [0.05, 0.1) is 6.10 Å². The molecular weight excluding hydrogens is 210 g/mol. The van der Waals surface area contributed by atoms with E-state index in [9.17, 15) is 5.11 Å². The molecule has 0 bridgehead atoms. The maximum atomic E-state index is 10.1. The van der Waals surface area contributed by atoms with Gasteiger partial charge in [-0.15, -0.1) is 0 Å². The van der Waals surface area contributed by atoms with Crippen LogP contribution < -0.4 is 0 Å². The van der Waals surface area contributed by atoms with Crippen molar-refractivity contribution in [3.63, 3.8) is 0 Å². The highest BCUT2D eigenvalue weighted by Gasteiger charge is 2.27. The molecule has 1 aromatic rings. The normalized spacial score (nSPS) is 17.4. The SMILES string of the molecule is CCCc1ccc(C(O)CN(C)C2CC2)cc1. The van der Waals surface area contributed by atoms with E-state index in [1.165, 1.54) is 24.8 Å². The Morgan fingerprint density at radius 2 is 1.94 bits per heavy atom. The molecule has 1 aromatic carbocycles. The van der Waals surface area contributed by atoms with E-state index in [4.69, 9.17) is 0 Å². The largest absolute Gasteiger partial charge is 0.387 e. The van der Waals surface area contributed by atoms with Gasteiger partial charge in [0.15, 0.2) is 0 Å². The maximum Gasteiger partial charge on any atom is 0.0916 e. The topological polar surface area (TPSA) is 23.5 Å². The number of rotatable bonds is 6. The van der Waals surface area contributed by atoms with Crippen molar-refractivity contribution in [3.05, 3.63) is 35.4 Å². The summed E-state index contributed by atoms with van der Waals surface area (Å²) in [6.45, 7) is 2.94. The fourth-order valence-electron chi connectivity index (χ4n) is 2.24. The molecule has 2 nitrogen and oxygen atoms in total. The molecule has 17 heavy (non-hydrogen) atoms. The Morgan fingerprint density at radius 1 is 1.29 bits per heavy atom. The second kappa shape index (κ2) is 5.65.